The third kappa shape index (κ3) is 2.88. The van der Waals surface area contributed by atoms with Gasteiger partial charge >= 0.3 is 11.9 Å². The zero-order chi connectivity index (χ0) is 13.9. The molecule has 0 amide bonds. The standard InChI is InChI=1S/C14H18O4/c1-9(2)11-6-4-10(5-7-11)8-14(3,12(15)16)13(17)18/h4-7,9H,8H2,1-3H3,(H,15,16)(H,17,18). The number of aliphatic carboxylic acids is 2. The van der Waals surface area contributed by atoms with E-state index in [1.807, 2.05) is 12.1 Å². The third-order valence-corrected chi connectivity index (χ3v) is 3.15. The molecule has 0 bridgehead atoms. The Balaban J connectivity index is 2.96. The molecule has 0 fully saturated rings. The van der Waals surface area contributed by atoms with Gasteiger partial charge in [-0.2, -0.15) is 0 Å². The van der Waals surface area contributed by atoms with Gasteiger partial charge in [0.25, 0.3) is 0 Å². The van der Waals surface area contributed by atoms with Crippen LogP contribution in [0.15, 0.2) is 24.3 Å². The summed E-state index contributed by atoms with van der Waals surface area (Å²) in [5.41, 5.74) is 0.0807. The Morgan fingerprint density at radius 1 is 1.11 bits per heavy atom. The molecular weight excluding hydrogens is 232 g/mol. The van der Waals surface area contributed by atoms with E-state index in [0.29, 0.717) is 11.5 Å². The molecule has 0 saturated carbocycles. The van der Waals surface area contributed by atoms with Crippen LogP contribution in [0.1, 0.15) is 37.8 Å². The Kier molecular flexibility index (Phi) is 4.11. The molecule has 0 radical (unpaired) electrons. The first-order valence-corrected chi connectivity index (χ1v) is 5.83. The SMILES string of the molecule is CC(C)c1ccc(CC(C)(C(=O)O)C(=O)O)cc1. The van der Waals surface area contributed by atoms with Gasteiger partial charge in [-0.15, -0.1) is 0 Å². The fraction of sp³-hybridized carbons (Fsp3) is 0.429. The van der Waals surface area contributed by atoms with Crippen molar-refractivity contribution >= 4 is 11.9 Å². The second-order valence-corrected chi connectivity index (χ2v) is 5.02. The molecule has 0 aliphatic rings. The first kappa shape index (κ1) is 14.2. The molecule has 1 rings (SSSR count). The molecule has 1 aromatic rings. The summed E-state index contributed by atoms with van der Waals surface area (Å²) in [6.45, 7) is 5.36. The summed E-state index contributed by atoms with van der Waals surface area (Å²) in [5, 5.41) is 18.1. The minimum atomic E-state index is -1.78. The number of carboxylic acids is 2. The predicted octanol–water partition coefficient (Wildman–Crippen LogP) is 2.53. The Labute approximate surface area is 106 Å². The number of carboxylic acid groups (broad SMARTS) is 2. The van der Waals surface area contributed by atoms with Crippen LogP contribution < -0.4 is 0 Å². The summed E-state index contributed by atoms with van der Waals surface area (Å²) < 4.78 is 0. The van der Waals surface area contributed by atoms with Gasteiger partial charge in [-0.1, -0.05) is 38.1 Å². The van der Waals surface area contributed by atoms with Gasteiger partial charge in [-0.05, 0) is 30.4 Å². The summed E-state index contributed by atoms with van der Waals surface area (Å²) in [4.78, 5) is 22.1. The highest BCUT2D eigenvalue weighted by Crippen LogP contribution is 2.24. The summed E-state index contributed by atoms with van der Waals surface area (Å²) in [7, 11) is 0. The number of rotatable bonds is 5. The Morgan fingerprint density at radius 2 is 1.56 bits per heavy atom. The molecule has 0 aliphatic carbocycles. The van der Waals surface area contributed by atoms with Crippen molar-refractivity contribution < 1.29 is 19.8 Å². The van der Waals surface area contributed by atoms with Crippen molar-refractivity contribution in [2.45, 2.75) is 33.1 Å². The van der Waals surface area contributed by atoms with Crippen molar-refractivity contribution in [1.29, 1.82) is 0 Å². The first-order chi connectivity index (χ1) is 8.27. The van der Waals surface area contributed by atoms with E-state index in [4.69, 9.17) is 10.2 Å². The van der Waals surface area contributed by atoms with E-state index in [1.165, 1.54) is 6.92 Å². The molecular formula is C14H18O4. The number of hydrogen-bond acceptors (Lipinski definition) is 2. The molecule has 4 nitrogen and oxygen atoms in total. The normalized spacial score (nSPS) is 11.6. The molecule has 0 unspecified atom stereocenters. The van der Waals surface area contributed by atoms with Gasteiger partial charge in [0.15, 0.2) is 5.41 Å². The van der Waals surface area contributed by atoms with Crippen LogP contribution in [0.5, 0.6) is 0 Å². The Hall–Kier alpha value is -1.84. The smallest absolute Gasteiger partial charge is 0.321 e. The van der Waals surface area contributed by atoms with Crippen molar-refractivity contribution in [2.24, 2.45) is 5.41 Å². The topological polar surface area (TPSA) is 74.6 Å². The first-order valence-electron chi connectivity index (χ1n) is 5.83. The lowest BCUT2D eigenvalue weighted by molar-refractivity contribution is -0.163. The van der Waals surface area contributed by atoms with E-state index in [0.717, 1.165) is 5.56 Å². The van der Waals surface area contributed by atoms with E-state index in [-0.39, 0.29) is 6.42 Å². The third-order valence-electron chi connectivity index (χ3n) is 3.15. The van der Waals surface area contributed by atoms with Gasteiger partial charge in [0, 0.05) is 0 Å². The molecule has 4 heteroatoms. The quantitative estimate of drug-likeness (QED) is 0.787. The molecule has 98 valence electrons. The van der Waals surface area contributed by atoms with Crippen LogP contribution in [0.4, 0.5) is 0 Å². The van der Waals surface area contributed by atoms with E-state index < -0.39 is 17.4 Å². The van der Waals surface area contributed by atoms with Crippen LogP contribution in [-0.4, -0.2) is 22.2 Å². The number of hydrogen-bond donors (Lipinski definition) is 2. The van der Waals surface area contributed by atoms with Gasteiger partial charge in [0.2, 0.25) is 0 Å². The van der Waals surface area contributed by atoms with Crippen LogP contribution >= 0.6 is 0 Å². The average molecular weight is 250 g/mol. The summed E-state index contributed by atoms with van der Waals surface area (Å²) in [6, 6.07) is 7.40. The lowest BCUT2D eigenvalue weighted by atomic mass is 9.83. The molecule has 0 aliphatic heterocycles. The molecule has 18 heavy (non-hydrogen) atoms. The molecule has 0 saturated heterocycles. The fourth-order valence-corrected chi connectivity index (χ4v) is 1.67. The maximum atomic E-state index is 11.1. The summed E-state index contributed by atoms with van der Waals surface area (Å²) >= 11 is 0. The van der Waals surface area contributed by atoms with Crippen molar-refractivity contribution in [3.63, 3.8) is 0 Å². The molecule has 2 N–H and O–H groups in total. The van der Waals surface area contributed by atoms with Crippen LogP contribution in [0.25, 0.3) is 0 Å². The molecule has 0 atom stereocenters. The zero-order valence-electron chi connectivity index (χ0n) is 10.8. The van der Waals surface area contributed by atoms with Gasteiger partial charge in [0.1, 0.15) is 0 Å². The predicted molar refractivity (Wildman–Crippen MR) is 67.6 cm³/mol. The van der Waals surface area contributed by atoms with Gasteiger partial charge in [-0.3, -0.25) is 9.59 Å². The van der Waals surface area contributed by atoms with E-state index >= 15 is 0 Å². The highest BCUT2D eigenvalue weighted by Gasteiger charge is 2.41. The number of benzene rings is 1. The van der Waals surface area contributed by atoms with Crippen LogP contribution in [0, 0.1) is 5.41 Å². The van der Waals surface area contributed by atoms with E-state index in [9.17, 15) is 9.59 Å². The molecule has 1 aromatic carbocycles. The van der Waals surface area contributed by atoms with E-state index in [2.05, 4.69) is 13.8 Å². The maximum Gasteiger partial charge on any atom is 0.321 e. The van der Waals surface area contributed by atoms with Crippen molar-refractivity contribution in [3.8, 4) is 0 Å². The lowest BCUT2D eigenvalue weighted by Gasteiger charge is -2.19. The largest absolute Gasteiger partial charge is 0.480 e. The maximum absolute atomic E-state index is 11.1. The van der Waals surface area contributed by atoms with Crippen molar-refractivity contribution in [1.82, 2.24) is 0 Å². The van der Waals surface area contributed by atoms with Crippen molar-refractivity contribution in [3.05, 3.63) is 35.4 Å². The fourth-order valence-electron chi connectivity index (χ4n) is 1.67. The molecule has 0 aromatic heterocycles. The Morgan fingerprint density at radius 3 is 1.89 bits per heavy atom. The van der Waals surface area contributed by atoms with Crippen LogP contribution in [0.3, 0.4) is 0 Å². The van der Waals surface area contributed by atoms with E-state index in [1.54, 1.807) is 12.1 Å². The average Bonchev–Trinajstić information content (AvgIpc) is 2.29. The van der Waals surface area contributed by atoms with Gasteiger partial charge in [0.05, 0.1) is 0 Å². The summed E-state index contributed by atoms with van der Waals surface area (Å²) in [5.74, 6) is -2.24. The monoisotopic (exact) mass is 250 g/mol. The highest BCUT2D eigenvalue weighted by molar-refractivity contribution is 5.98. The van der Waals surface area contributed by atoms with Gasteiger partial charge in [-0.25, -0.2) is 0 Å². The highest BCUT2D eigenvalue weighted by atomic mass is 16.4. The second-order valence-electron chi connectivity index (χ2n) is 5.02. The lowest BCUT2D eigenvalue weighted by Crippen LogP contribution is -2.38. The van der Waals surface area contributed by atoms with Crippen LogP contribution in [0.2, 0.25) is 0 Å². The van der Waals surface area contributed by atoms with Crippen molar-refractivity contribution in [2.75, 3.05) is 0 Å². The molecule has 0 heterocycles. The Bertz CT molecular complexity index is 431. The minimum Gasteiger partial charge on any atom is -0.480 e. The van der Waals surface area contributed by atoms with Crippen LogP contribution in [-0.2, 0) is 16.0 Å². The zero-order valence-corrected chi connectivity index (χ0v) is 10.8. The number of carbonyl (C=O) groups is 2. The minimum absolute atomic E-state index is 0.0178. The summed E-state index contributed by atoms with van der Waals surface area (Å²) in [6.07, 6.45) is -0.0178. The van der Waals surface area contributed by atoms with Gasteiger partial charge < -0.3 is 10.2 Å². The second kappa shape index (κ2) is 5.21. The molecule has 0 spiro atoms.